The number of rotatable bonds is 6. The SMILES string of the molecule is CN1CCC2(CC1)C(=O)N(CCCc1ccccc1)C(c1ccc(C3CC3)cc1)N2C. The minimum Gasteiger partial charge on any atom is -0.321 e. The molecule has 3 fully saturated rings. The Morgan fingerprint density at radius 1 is 0.903 bits per heavy atom. The summed E-state index contributed by atoms with van der Waals surface area (Å²) in [7, 11) is 4.35. The van der Waals surface area contributed by atoms with E-state index in [1.807, 2.05) is 0 Å². The van der Waals surface area contributed by atoms with E-state index < -0.39 is 0 Å². The van der Waals surface area contributed by atoms with Crippen molar-refractivity contribution < 1.29 is 4.79 Å². The summed E-state index contributed by atoms with van der Waals surface area (Å²) in [6, 6.07) is 19.8. The lowest BCUT2D eigenvalue weighted by atomic mass is 9.86. The fraction of sp³-hybridized carbons (Fsp3) is 0.519. The lowest BCUT2D eigenvalue weighted by Crippen LogP contribution is -2.54. The number of amides is 1. The van der Waals surface area contributed by atoms with Gasteiger partial charge in [-0.05, 0) is 75.2 Å². The van der Waals surface area contributed by atoms with Gasteiger partial charge in [-0.15, -0.1) is 0 Å². The molecule has 3 aliphatic rings. The third-order valence-electron chi connectivity index (χ3n) is 7.80. The molecule has 1 unspecified atom stereocenters. The van der Waals surface area contributed by atoms with Gasteiger partial charge < -0.3 is 9.80 Å². The highest BCUT2D eigenvalue weighted by atomic mass is 16.2. The highest BCUT2D eigenvalue weighted by molar-refractivity contribution is 5.89. The van der Waals surface area contributed by atoms with E-state index in [0.29, 0.717) is 5.91 Å². The fourth-order valence-corrected chi connectivity index (χ4v) is 5.61. The van der Waals surface area contributed by atoms with Crippen LogP contribution in [0.1, 0.15) is 60.9 Å². The summed E-state index contributed by atoms with van der Waals surface area (Å²) in [6.07, 6.45) is 6.54. The molecule has 2 heterocycles. The average molecular weight is 418 g/mol. The Labute approximate surface area is 186 Å². The minimum atomic E-state index is -0.348. The molecule has 1 amide bonds. The van der Waals surface area contributed by atoms with Gasteiger partial charge in [-0.3, -0.25) is 9.69 Å². The maximum Gasteiger partial charge on any atom is 0.244 e. The smallest absolute Gasteiger partial charge is 0.244 e. The molecular weight excluding hydrogens is 382 g/mol. The summed E-state index contributed by atoms with van der Waals surface area (Å²) in [6.45, 7) is 2.78. The van der Waals surface area contributed by atoms with Crippen molar-refractivity contribution in [1.29, 1.82) is 0 Å². The predicted molar refractivity (Wildman–Crippen MR) is 125 cm³/mol. The molecule has 0 bridgehead atoms. The second kappa shape index (κ2) is 8.40. The molecule has 2 saturated heterocycles. The van der Waals surface area contributed by atoms with Gasteiger partial charge in [-0.25, -0.2) is 0 Å². The van der Waals surface area contributed by atoms with Gasteiger partial charge in [0.2, 0.25) is 5.91 Å². The predicted octanol–water partition coefficient (Wildman–Crippen LogP) is 4.43. The summed E-state index contributed by atoms with van der Waals surface area (Å²) in [4.78, 5) is 20.8. The normalized spacial score (nSPS) is 24.3. The maximum absolute atomic E-state index is 13.9. The van der Waals surface area contributed by atoms with Crippen molar-refractivity contribution in [2.75, 3.05) is 33.7 Å². The van der Waals surface area contributed by atoms with Crippen LogP contribution in [0.3, 0.4) is 0 Å². The van der Waals surface area contributed by atoms with E-state index in [1.165, 1.54) is 29.5 Å². The van der Waals surface area contributed by atoms with Crippen molar-refractivity contribution in [1.82, 2.24) is 14.7 Å². The molecule has 1 spiro atoms. The van der Waals surface area contributed by atoms with Gasteiger partial charge in [0, 0.05) is 19.6 Å². The Balaban J connectivity index is 1.39. The number of carbonyl (C=O) groups excluding carboxylic acids is 1. The Morgan fingerprint density at radius 3 is 2.19 bits per heavy atom. The molecule has 31 heavy (non-hydrogen) atoms. The summed E-state index contributed by atoms with van der Waals surface area (Å²) in [5.41, 5.74) is 3.72. The van der Waals surface area contributed by atoms with Crippen LogP contribution in [0, 0.1) is 0 Å². The fourth-order valence-electron chi connectivity index (χ4n) is 5.61. The second-order valence-corrected chi connectivity index (χ2v) is 9.85. The zero-order chi connectivity index (χ0) is 21.4. The van der Waals surface area contributed by atoms with Gasteiger partial charge in [0.05, 0.1) is 0 Å². The molecule has 0 aromatic heterocycles. The number of hydrogen-bond acceptors (Lipinski definition) is 3. The molecule has 1 atom stereocenters. The van der Waals surface area contributed by atoms with Crippen molar-refractivity contribution in [3.8, 4) is 0 Å². The second-order valence-electron chi connectivity index (χ2n) is 9.85. The maximum atomic E-state index is 13.9. The number of likely N-dealkylation sites (tertiary alicyclic amines) is 1. The lowest BCUT2D eigenvalue weighted by molar-refractivity contribution is -0.135. The Hall–Kier alpha value is -2.17. The van der Waals surface area contributed by atoms with Crippen molar-refractivity contribution in [2.24, 2.45) is 0 Å². The van der Waals surface area contributed by atoms with Crippen LogP contribution in [0.15, 0.2) is 54.6 Å². The Kier molecular flexibility index (Phi) is 5.61. The van der Waals surface area contributed by atoms with E-state index in [2.05, 4.69) is 83.4 Å². The molecule has 1 aliphatic carbocycles. The largest absolute Gasteiger partial charge is 0.321 e. The van der Waals surface area contributed by atoms with E-state index in [1.54, 1.807) is 0 Å². The minimum absolute atomic E-state index is 0.0416. The van der Waals surface area contributed by atoms with Crippen LogP contribution in [0.5, 0.6) is 0 Å². The van der Waals surface area contributed by atoms with Gasteiger partial charge in [0.1, 0.15) is 11.7 Å². The third kappa shape index (κ3) is 3.92. The van der Waals surface area contributed by atoms with Gasteiger partial charge in [0.15, 0.2) is 0 Å². The molecule has 4 heteroatoms. The first-order chi connectivity index (χ1) is 15.1. The van der Waals surface area contributed by atoms with Crippen LogP contribution in [-0.4, -0.2) is 59.9 Å². The number of nitrogens with zero attached hydrogens (tertiary/aromatic N) is 3. The molecule has 2 aromatic carbocycles. The zero-order valence-corrected chi connectivity index (χ0v) is 19.0. The van der Waals surface area contributed by atoms with Crippen LogP contribution in [0.4, 0.5) is 0 Å². The average Bonchev–Trinajstić information content (AvgIpc) is 3.62. The summed E-state index contributed by atoms with van der Waals surface area (Å²) < 4.78 is 0. The number of benzene rings is 2. The molecule has 0 radical (unpaired) electrons. The van der Waals surface area contributed by atoms with Gasteiger partial charge >= 0.3 is 0 Å². The van der Waals surface area contributed by atoms with Crippen molar-refractivity contribution in [3.63, 3.8) is 0 Å². The standard InChI is InChI=1S/C27H35N3O/c1-28-19-16-27(17-20-28)26(31)30(18-6-9-21-7-4-3-5-8-21)25(29(27)2)24-14-12-23(13-15-24)22-10-11-22/h3-5,7-8,12-15,22,25H,6,9-11,16-20H2,1-2H3. The number of piperidine rings is 1. The molecule has 2 aliphatic heterocycles. The van der Waals surface area contributed by atoms with Gasteiger partial charge in [-0.2, -0.15) is 0 Å². The number of likely N-dealkylation sites (N-methyl/N-ethyl adjacent to an activating group) is 1. The van der Waals surface area contributed by atoms with Gasteiger partial charge in [-0.1, -0.05) is 54.6 Å². The summed E-state index contributed by atoms with van der Waals surface area (Å²) >= 11 is 0. The first kappa shape index (κ1) is 20.7. The number of hydrogen-bond donors (Lipinski definition) is 0. The Bertz CT molecular complexity index is 898. The number of carbonyl (C=O) groups is 1. The quantitative estimate of drug-likeness (QED) is 0.696. The van der Waals surface area contributed by atoms with E-state index in [4.69, 9.17) is 0 Å². The Morgan fingerprint density at radius 2 is 1.55 bits per heavy atom. The molecule has 164 valence electrons. The van der Waals surface area contributed by atoms with Crippen molar-refractivity contribution in [2.45, 2.75) is 56.1 Å². The van der Waals surface area contributed by atoms with E-state index in [9.17, 15) is 4.79 Å². The topological polar surface area (TPSA) is 26.8 Å². The first-order valence-electron chi connectivity index (χ1n) is 11.9. The lowest BCUT2D eigenvalue weighted by Gasteiger charge is -2.41. The van der Waals surface area contributed by atoms with E-state index in [0.717, 1.165) is 51.2 Å². The van der Waals surface area contributed by atoms with Crippen molar-refractivity contribution in [3.05, 3.63) is 71.3 Å². The van der Waals surface area contributed by atoms with Crippen LogP contribution in [0.2, 0.25) is 0 Å². The molecule has 2 aromatic rings. The van der Waals surface area contributed by atoms with Crippen LogP contribution in [0.25, 0.3) is 0 Å². The summed E-state index contributed by atoms with van der Waals surface area (Å²) in [5, 5.41) is 0. The van der Waals surface area contributed by atoms with Gasteiger partial charge in [0.25, 0.3) is 0 Å². The zero-order valence-electron chi connectivity index (χ0n) is 19.0. The number of aryl methyl sites for hydroxylation is 1. The molecule has 4 nitrogen and oxygen atoms in total. The van der Waals surface area contributed by atoms with Crippen LogP contribution in [-0.2, 0) is 11.2 Å². The van der Waals surface area contributed by atoms with E-state index in [-0.39, 0.29) is 11.7 Å². The molecule has 1 saturated carbocycles. The monoisotopic (exact) mass is 417 g/mol. The highest BCUT2D eigenvalue weighted by Gasteiger charge is 2.56. The molecule has 0 N–H and O–H groups in total. The highest BCUT2D eigenvalue weighted by Crippen LogP contribution is 2.45. The van der Waals surface area contributed by atoms with Crippen LogP contribution >= 0.6 is 0 Å². The van der Waals surface area contributed by atoms with Crippen molar-refractivity contribution >= 4 is 5.91 Å². The molecular formula is C27H35N3O. The van der Waals surface area contributed by atoms with Crippen LogP contribution < -0.4 is 0 Å². The third-order valence-corrected chi connectivity index (χ3v) is 7.80. The first-order valence-corrected chi connectivity index (χ1v) is 11.9. The van der Waals surface area contributed by atoms with E-state index >= 15 is 0 Å². The molecule has 5 rings (SSSR count). The summed E-state index contributed by atoms with van der Waals surface area (Å²) in [5.74, 6) is 1.10.